The van der Waals surface area contributed by atoms with Crippen LogP contribution in [0, 0.1) is 0 Å². The van der Waals surface area contributed by atoms with Crippen molar-refractivity contribution in [3.8, 4) is 0 Å². The maximum absolute atomic E-state index is 13.4. The molecule has 3 aromatic carbocycles. The third-order valence-electron chi connectivity index (χ3n) is 6.55. The molecule has 0 spiro atoms. The van der Waals surface area contributed by atoms with E-state index in [1.807, 2.05) is 44.2 Å². The van der Waals surface area contributed by atoms with E-state index in [9.17, 15) is 18.0 Å². The SMILES string of the molecule is CC(C)N(Cc1ccccc1)C(=O)[C@H](C)N1CC[C@H](NS(=O)(=O)c2ccc3cc(Cl)ccc3c2)C1=O. The number of halogens is 1. The van der Waals surface area contributed by atoms with E-state index < -0.39 is 28.0 Å². The van der Waals surface area contributed by atoms with Crippen LogP contribution in [0.5, 0.6) is 0 Å². The third kappa shape index (κ3) is 5.56. The second-order valence-corrected chi connectivity index (χ2v) is 11.5. The number of nitrogens with one attached hydrogen (secondary N) is 1. The average molecular weight is 528 g/mol. The number of carbonyl (C=O) groups excluding carboxylic acids is 2. The monoisotopic (exact) mass is 527 g/mol. The van der Waals surface area contributed by atoms with E-state index in [2.05, 4.69) is 4.72 Å². The van der Waals surface area contributed by atoms with E-state index in [4.69, 9.17) is 11.6 Å². The van der Waals surface area contributed by atoms with Gasteiger partial charge in [-0.05, 0) is 67.8 Å². The first-order valence-corrected chi connectivity index (χ1v) is 13.8. The molecule has 190 valence electrons. The fourth-order valence-corrected chi connectivity index (χ4v) is 5.92. The van der Waals surface area contributed by atoms with Gasteiger partial charge < -0.3 is 9.80 Å². The van der Waals surface area contributed by atoms with Crippen LogP contribution in [0.4, 0.5) is 0 Å². The van der Waals surface area contributed by atoms with E-state index in [0.29, 0.717) is 24.5 Å². The second-order valence-electron chi connectivity index (χ2n) is 9.37. The number of nitrogens with zero attached hydrogens (tertiary/aromatic N) is 2. The van der Waals surface area contributed by atoms with Crippen molar-refractivity contribution in [2.75, 3.05) is 6.54 Å². The van der Waals surface area contributed by atoms with Gasteiger partial charge in [-0.15, -0.1) is 0 Å². The van der Waals surface area contributed by atoms with Crippen LogP contribution in [0.15, 0.2) is 71.6 Å². The molecule has 9 heteroatoms. The number of rotatable bonds is 8. The molecule has 1 aliphatic rings. The van der Waals surface area contributed by atoms with E-state index in [-0.39, 0.29) is 16.8 Å². The van der Waals surface area contributed by atoms with Gasteiger partial charge >= 0.3 is 0 Å². The summed E-state index contributed by atoms with van der Waals surface area (Å²) in [5.74, 6) is -0.561. The van der Waals surface area contributed by atoms with Crippen molar-refractivity contribution in [3.05, 3.63) is 77.3 Å². The molecule has 1 heterocycles. The minimum atomic E-state index is -3.94. The van der Waals surface area contributed by atoms with Gasteiger partial charge in [-0.2, -0.15) is 4.72 Å². The summed E-state index contributed by atoms with van der Waals surface area (Å²) in [5.41, 5.74) is 1.00. The highest BCUT2D eigenvalue weighted by molar-refractivity contribution is 7.89. The van der Waals surface area contributed by atoms with Crippen LogP contribution >= 0.6 is 11.6 Å². The molecule has 1 N–H and O–H groups in total. The summed E-state index contributed by atoms with van der Waals surface area (Å²) in [4.78, 5) is 29.8. The molecule has 1 saturated heterocycles. The molecule has 0 bridgehead atoms. The molecule has 0 radical (unpaired) electrons. The smallest absolute Gasteiger partial charge is 0.245 e. The van der Waals surface area contributed by atoms with Crippen LogP contribution in [0.2, 0.25) is 5.02 Å². The molecule has 4 rings (SSSR count). The molecule has 0 saturated carbocycles. The van der Waals surface area contributed by atoms with Gasteiger partial charge in [-0.1, -0.05) is 54.1 Å². The molecule has 1 fully saturated rings. The predicted octanol–water partition coefficient (Wildman–Crippen LogP) is 4.20. The molecule has 0 unspecified atom stereocenters. The number of fused-ring (bicyclic) bond motifs is 1. The van der Waals surface area contributed by atoms with E-state index in [1.165, 1.54) is 11.0 Å². The Bertz CT molecular complexity index is 1380. The van der Waals surface area contributed by atoms with Crippen molar-refractivity contribution in [1.82, 2.24) is 14.5 Å². The Labute approximate surface area is 217 Å². The Hall–Kier alpha value is -2.94. The molecule has 36 heavy (non-hydrogen) atoms. The van der Waals surface area contributed by atoms with Crippen molar-refractivity contribution in [2.24, 2.45) is 0 Å². The second kappa shape index (κ2) is 10.6. The van der Waals surface area contributed by atoms with E-state index in [1.54, 1.807) is 42.2 Å². The number of carbonyl (C=O) groups is 2. The lowest BCUT2D eigenvalue weighted by Gasteiger charge is -2.33. The lowest BCUT2D eigenvalue weighted by atomic mass is 10.1. The molecular formula is C27H30ClN3O4S. The van der Waals surface area contributed by atoms with Crippen molar-refractivity contribution in [2.45, 2.75) is 56.8 Å². The zero-order valence-electron chi connectivity index (χ0n) is 20.5. The van der Waals surface area contributed by atoms with Gasteiger partial charge in [0.15, 0.2) is 0 Å². The van der Waals surface area contributed by atoms with Crippen LogP contribution in [0.1, 0.15) is 32.8 Å². The third-order valence-corrected chi connectivity index (χ3v) is 8.25. The fourth-order valence-electron chi connectivity index (χ4n) is 4.48. The summed E-state index contributed by atoms with van der Waals surface area (Å²) in [7, 11) is -3.94. The van der Waals surface area contributed by atoms with Crippen LogP contribution in [-0.2, 0) is 26.2 Å². The highest BCUT2D eigenvalue weighted by Crippen LogP contribution is 2.24. The van der Waals surface area contributed by atoms with E-state index >= 15 is 0 Å². The summed E-state index contributed by atoms with van der Waals surface area (Å²) in [5, 5.41) is 2.12. The first-order chi connectivity index (χ1) is 17.1. The van der Waals surface area contributed by atoms with Crippen molar-refractivity contribution in [1.29, 1.82) is 0 Å². The van der Waals surface area contributed by atoms with Crippen LogP contribution in [-0.4, -0.2) is 54.7 Å². The maximum atomic E-state index is 13.4. The standard InChI is InChI=1S/C27H30ClN3O4S/c1-18(2)31(17-20-7-5-4-6-8-20)26(32)19(3)30-14-13-25(27(30)33)29-36(34,35)24-12-10-21-15-23(28)11-9-22(21)16-24/h4-12,15-16,18-19,25,29H,13-14,17H2,1-3H3/t19-,25-/m0/s1. The number of hydrogen-bond donors (Lipinski definition) is 1. The topological polar surface area (TPSA) is 86.8 Å². The lowest BCUT2D eigenvalue weighted by molar-refractivity contribution is -0.145. The number of benzene rings is 3. The first kappa shape index (κ1) is 26.1. The maximum Gasteiger partial charge on any atom is 0.245 e. The Balaban J connectivity index is 1.46. The largest absolute Gasteiger partial charge is 0.334 e. The van der Waals surface area contributed by atoms with Crippen LogP contribution in [0.25, 0.3) is 10.8 Å². The van der Waals surface area contributed by atoms with Gasteiger partial charge in [0.25, 0.3) is 0 Å². The summed E-state index contributed by atoms with van der Waals surface area (Å²) in [6, 6.07) is 17.9. The molecule has 0 aliphatic carbocycles. The summed E-state index contributed by atoms with van der Waals surface area (Å²) in [6.45, 7) is 6.31. The number of sulfonamides is 1. The number of hydrogen-bond acceptors (Lipinski definition) is 4. The summed E-state index contributed by atoms with van der Waals surface area (Å²) < 4.78 is 28.7. The average Bonchev–Trinajstić information content (AvgIpc) is 3.20. The Morgan fingerprint density at radius 2 is 1.72 bits per heavy atom. The van der Waals surface area contributed by atoms with Gasteiger partial charge in [0.1, 0.15) is 12.1 Å². The molecule has 1 aliphatic heterocycles. The molecule has 3 aromatic rings. The molecule has 2 atom stereocenters. The van der Waals surface area contributed by atoms with Crippen LogP contribution < -0.4 is 4.72 Å². The highest BCUT2D eigenvalue weighted by atomic mass is 35.5. The number of likely N-dealkylation sites (tertiary alicyclic amines) is 1. The molecule has 2 amide bonds. The zero-order chi connectivity index (χ0) is 26.0. The number of amides is 2. The quantitative estimate of drug-likeness (QED) is 0.475. The highest BCUT2D eigenvalue weighted by Gasteiger charge is 2.40. The minimum Gasteiger partial charge on any atom is -0.334 e. The normalized spacial score (nSPS) is 17.1. The van der Waals surface area contributed by atoms with Gasteiger partial charge in [0.2, 0.25) is 21.8 Å². The Kier molecular flexibility index (Phi) is 7.68. The van der Waals surface area contributed by atoms with E-state index in [0.717, 1.165) is 16.3 Å². The minimum absolute atomic E-state index is 0.0602. The summed E-state index contributed by atoms with van der Waals surface area (Å²) in [6.07, 6.45) is 0.291. The molecule has 7 nitrogen and oxygen atoms in total. The van der Waals surface area contributed by atoms with Crippen LogP contribution in [0.3, 0.4) is 0 Å². The Morgan fingerprint density at radius 1 is 1.06 bits per heavy atom. The lowest BCUT2D eigenvalue weighted by Crippen LogP contribution is -2.51. The van der Waals surface area contributed by atoms with Gasteiger partial charge in [-0.3, -0.25) is 9.59 Å². The van der Waals surface area contributed by atoms with Crippen molar-refractivity contribution < 1.29 is 18.0 Å². The first-order valence-electron chi connectivity index (χ1n) is 11.9. The van der Waals surface area contributed by atoms with Gasteiger partial charge in [-0.25, -0.2) is 8.42 Å². The fraction of sp³-hybridized carbons (Fsp3) is 0.333. The Morgan fingerprint density at radius 3 is 2.42 bits per heavy atom. The van der Waals surface area contributed by atoms with Gasteiger partial charge in [0, 0.05) is 24.2 Å². The zero-order valence-corrected chi connectivity index (χ0v) is 22.1. The predicted molar refractivity (Wildman–Crippen MR) is 141 cm³/mol. The summed E-state index contributed by atoms with van der Waals surface area (Å²) >= 11 is 6.02. The molecular weight excluding hydrogens is 498 g/mol. The molecule has 0 aromatic heterocycles. The van der Waals surface area contributed by atoms with Gasteiger partial charge in [0.05, 0.1) is 4.90 Å². The van der Waals surface area contributed by atoms with Crippen molar-refractivity contribution in [3.63, 3.8) is 0 Å². The van der Waals surface area contributed by atoms with Crippen molar-refractivity contribution >= 4 is 44.2 Å².